The standard InChI is InChI=1S/2C24H17N3S.C2H3N.2F6P.Ru/c2*1-28-20-12-10-18(11-13-20)8-9-19-16-23(21-6-2-4-14-25-21)27-24(17-19)22-7-3-5-15-26-22;1-2-3;2*1-7(2,3,4,5)6;/h2*2-7,10-17H,1H3;1H3;;;/q;;;2*-1;+2. The first-order chi connectivity index (χ1) is 33.9. The van der Waals surface area contributed by atoms with Gasteiger partial charge in [0.2, 0.25) is 0 Å². The fourth-order valence-corrected chi connectivity index (χ4v) is 6.24. The van der Waals surface area contributed by atoms with Gasteiger partial charge in [-0.25, -0.2) is 9.97 Å². The normalized spacial score (nSPS) is 12.2. The summed E-state index contributed by atoms with van der Waals surface area (Å²) in [6, 6.07) is 49.3. The van der Waals surface area contributed by atoms with Crippen LogP contribution in [0.4, 0.5) is 50.4 Å². The molecule has 6 heterocycles. The third-order valence-electron chi connectivity index (χ3n) is 8.24. The summed E-state index contributed by atoms with van der Waals surface area (Å²) in [5, 5.41) is 7.32. The monoisotopic (exact) mass is 1190 g/mol. The third kappa shape index (κ3) is 27.4. The molecule has 0 atom stereocenters. The predicted octanol–water partition coefficient (Wildman–Crippen LogP) is 17.9. The number of rotatable bonds is 6. The topological polar surface area (TPSA) is 101 Å². The Labute approximate surface area is 439 Å². The number of benzene rings is 2. The van der Waals surface area contributed by atoms with Crippen molar-refractivity contribution in [3.8, 4) is 75.3 Å². The van der Waals surface area contributed by atoms with Crippen molar-refractivity contribution in [2.24, 2.45) is 0 Å². The Morgan fingerprint density at radius 2 is 0.581 bits per heavy atom. The summed E-state index contributed by atoms with van der Waals surface area (Å²) in [5.41, 5.74) is 10.1. The number of thioether (sulfide) groups is 2. The molecule has 74 heavy (non-hydrogen) atoms. The molecule has 0 radical (unpaired) electrons. The van der Waals surface area contributed by atoms with E-state index in [9.17, 15) is 50.4 Å². The van der Waals surface area contributed by atoms with Crippen LogP contribution in [-0.4, -0.2) is 42.4 Å². The zero-order valence-electron chi connectivity index (χ0n) is 38.4. The molecule has 24 heteroatoms. The van der Waals surface area contributed by atoms with Gasteiger partial charge in [0.25, 0.3) is 0 Å². The van der Waals surface area contributed by atoms with Crippen LogP contribution in [0.25, 0.3) is 45.6 Å². The summed E-state index contributed by atoms with van der Waals surface area (Å²) in [5.74, 6) is 13.0. The van der Waals surface area contributed by atoms with Crippen LogP contribution in [0.15, 0.2) is 180 Å². The molecule has 8 rings (SSSR count). The molecular weight excluding hydrogens is 1150 g/mol. The largest absolute Gasteiger partial charge is 2.00 e. The number of nitriles is 1. The fourth-order valence-electron chi connectivity index (χ4n) is 5.42. The van der Waals surface area contributed by atoms with E-state index in [1.54, 1.807) is 54.4 Å². The molecule has 386 valence electrons. The van der Waals surface area contributed by atoms with Crippen molar-refractivity contribution in [1.82, 2.24) is 29.9 Å². The summed E-state index contributed by atoms with van der Waals surface area (Å²) >= 11 is 3.44. The Kier molecular flexibility index (Phi) is 20.8. The van der Waals surface area contributed by atoms with Crippen LogP contribution in [0.2, 0.25) is 0 Å². The number of pyridine rings is 6. The quantitative estimate of drug-likeness (QED) is 0.0530. The Balaban J connectivity index is 0.000000295. The van der Waals surface area contributed by atoms with Crippen molar-refractivity contribution in [3.63, 3.8) is 0 Å². The number of hydrogen-bond acceptors (Lipinski definition) is 9. The summed E-state index contributed by atoms with van der Waals surface area (Å²) in [6.07, 6.45) is 11.2. The molecule has 7 nitrogen and oxygen atoms in total. The van der Waals surface area contributed by atoms with Gasteiger partial charge in [0.15, 0.2) is 0 Å². The molecular formula is C50H37F12N7P2RuS2. The van der Waals surface area contributed by atoms with Crippen LogP contribution in [0, 0.1) is 35.0 Å². The van der Waals surface area contributed by atoms with Crippen LogP contribution in [0.3, 0.4) is 0 Å². The van der Waals surface area contributed by atoms with Crippen LogP contribution < -0.4 is 0 Å². The molecule has 8 aromatic rings. The van der Waals surface area contributed by atoms with Gasteiger partial charge in [-0.3, -0.25) is 19.9 Å². The van der Waals surface area contributed by atoms with Gasteiger partial charge in [-0.05, 0) is 134 Å². The summed E-state index contributed by atoms with van der Waals surface area (Å²) in [7, 11) is -21.3. The van der Waals surface area contributed by atoms with Crippen molar-refractivity contribution in [1.29, 1.82) is 5.26 Å². The van der Waals surface area contributed by atoms with Gasteiger partial charge >= 0.3 is 85.5 Å². The molecule has 0 saturated carbocycles. The van der Waals surface area contributed by atoms with Gasteiger partial charge in [-0.2, -0.15) is 5.26 Å². The summed E-state index contributed by atoms with van der Waals surface area (Å²) in [4.78, 5) is 29.7. The first-order valence-corrected chi connectivity index (χ1v) is 26.9. The van der Waals surface area contributed by atoms with Gasteiger partial charge in [0.05, 0.1) is 51.6 Å². The van der Waals surface area contributed by atoms with Gasteiger partial charge in [-0.1, -0.05) is 47.9 Å². The Morgan fingerprint density at radius 1 is 0.365 bits per heavy atom. The molecule has 0 spiro atoms. The Hall–Kier alpha value is -6.71. The van der Waals surface area contributed by atoms with Crippen molar-refractivity contribution >= 4 is 39.1 Å². The van der Waals surface area contributed by atoms with E-state index in [4.69, 9.17) is 15.2 Å². The van der Waals surface area contributed by atoms with Crippen LogP contribution >= 0.6 is 39.1 Å². The van der Waals surface area contributed by atoms with E-state index in [2.05, 4.69) is 80.4 Å². The van der Waals surface area contributed by atoms with E-state index in [-0.39, 0.29) is 19.5 Å². The molecule has 0 aliphatic heterocycles. The zero-order chi connectivity index (χ0) is 53.9. The maximum absolute atomic E-state index is 10.7. The number of halogens is 12. The third-order valence-corrected chi connectivity index (χ3v) is 9.73. The first-order valence-electron chi connectivity index (χ1n) is 20.4. The van der Waals surface area contributed by atoms with Gasteiger partial charge in [0.1, 0.15) is 0 Å². The molecule has 0 fully saturated rings. The fraction of sp³-hybridized carbons (Fsp3) is 0.0600. The summed E-state index contributed by atoms with van der Waals surface area (Å²) < 4.78 is 118. The zero-order valence-corrected chi connectivity index (χ0v) is 43.6. The average Bonchev–Trinajstić information content (AvgIpc) is 3.35. The van der Waals surface area contributed by atoms with Crippen LogP contribution in [0.5, 0.6) is 0 Å². The van der Waals surface area contributed by atoms with E-state index >= 15 is 0 Å². The molecule has 0 N–H and O–H groups in total. The molecule has 0 amide bonds. The summed E-state index contributed by atoms with van der Waals surface area (Å²) in [6.45, 7) is 1.43. The van der Waals surface area contributed by atoms with E-state index < -0.39 is 15.6 Å². The molecule has 0 unspecified atom stereocenters. The molecule has 2 aromatic carbocycles. The minimum absolute atomic E-state index is 0. The molecule has 0 aliphatic carbocycles. The second-order valence-corrected chi connectivity index (χ2v) is 19.8. The van der Waals surface area contributed by atoms with Crippen molar-refractivity contribution in [2.75, 3.05) is 12.5 Å². The molecule has 0 saturated heterocycles. The van der Waals surface area contributed by atoms with E-state index in [0.29, 0.717) is 0 Å². The maximum atomic E-state index is 9.87. The van der Waals surface area contributed by atoms with Crippen LogP contribution in [-0.2, 0) is 19.5 Å². The minimum Gasteiger partial charge on any atom is 2.00 e. The van der Waals surface area contributed by atoms with Gasteiger partial charge in [-0.15, -0.1) is 23.5 Å². The minimum atomic E-state index is -10.7. The Morgan fingerprint density at radius 3 is 0.770 bits per heavy atom. The maximum Gasteiger partial charge on any atom is 2.00 e. The van der Waals surface area contributed by atoms with E-state index in [1.807, 2.05) is 121 Å². The van der Waals surface area contributed by atoms with Crippen LogP contribution in [0.1, 0.15) is 29.2 Å². The number of hydrogen-bond donors (Lipinski definition) is 0. The smallest absolute Gasteiger partial charge is 2.00 e. The van der Waals surface area contributed by atoms with E-state index in [1.165, 1.54) is 16.7 Å². The molecule has 6 aromatic heterocycles. The van der Waals surface area contributed by atoms with E-state index in [0.717, 1.165) is 67.8 Å². The molecule has 0 aliphatic rings. The van der Waals surface area contributed by atoms with Gasteiger partial charge < -0.3 is 0 Å². The SMILES string of the molecule is CC#N.CSc1ccc(C#Cc2cc(-c3ccccn3)nc(-c3ccccn3)c2)cc1.CSc1ccc(C#Cc2cc(-c3ccccn3)nc(-c3ccccn3)c2)cc1.F[P-](F)(F)(F)(F)F.F[P-](F)(F)(F)(F)F.[Ru+2]. The first kappa shape index (κ1) is 61.6. The van der Waals surface area contributed by atoms with Crippen molar-refractivity contribution in [3.05, 3.63) is 193 Å². The Bertz CT molecular complexity index is 2900. The average molecular weight is 1190 g/mol. The predicted molar refractivity (Wildman–Crippen MR) is 268 cm³/mol. The van der Waals surface area contributed by atoms with Crippen molar-refractivity contribution < 1.29 is 69.8 Å². The second-order valence-electron chi connectivity index (χ2n) is 14.2. The second kappa shape index (κ2) is 25.0. The number of aromatic nitrogens is 6. The number of nitrogens with zero attached hydrogens (tertiary/aromatic N) is 7. The van der Waals surface area contributed by atoms with Gasteiger partial charge in [0, 0.05) is 63.8 Å². The van der Waals surface area contributed by atoms with Crippen molar-refractivity contribution in [2.45, 2.75) is 16.7 Å². The molecule has 0 bridgehead atoms.